The van der Waals surface area contributed by atoms with Gasteiger partial charge in [0.1, 0.15) is 0 Å². The molecule has 4 aromatic rings. The molecule has 0 bridgehead atoms. The van der Waals surface area contributed by atoms with E-state index in [1.54, 1.807) is 24.3 Å². The first-order valence-corrected chi connectivity index (χ1v) is 10.7. The molecule has 1 amide bonds. The van der Waals surface area contributed by atoms with Crippen LogP contribution in [0.4, 0.5) is 11.4 Å². The molecule has 0 fully saturated rings. The van der Waals surface area contributed by atoms with Crippen molar-refractivity contribution in [2.75, 3.05) is 16.3 Å². The van der Waals surface area contributed by atoms with Gasteiger partial charge < -0.3 is 9.84 Å². The summed E-state index contributed by atoms with van der Waals surface area (Å²) in [5.74, 6) is -0.133. The van der Waals surface area contributed by atoms with Crippen molar-refractivity contribution < 1.29 is 17.7 Å². The zero-order chi connectivity index (χ0) is 20.6. The van der Waals surface area contributed by atoms with Gasteiger partial charge in [-0.3, -0.25) is 9.52 Å². The van der Waals surface area contributed by atoms with Gasteiger partial charge in [0.15, 0.2) is 17.1 Å². The fourth-order valence-electron chi connectivity index (χ4n) is 2.65. The van der Waals surface area contributed by atoms with Gasteiger partial charge in [-0.2, -0.15) is 0 Å². The average molecular weight is 478 g/mol. The lowest BCUT2D eigenvalue weighted by atomic mass is 10.1. The fraction of sp³-hybridized carbons (Fsp3) is 0.0625. The van der Waals surface area contributed by atoms with Crippen molar-refractivity contribution in [3.8, 4) is 11.4 Å². The van der Waals surface area contributed by atoms with Crippen molar-refractivity contribution >= 4 is 54.2 Å². The number of carbonyl (C=O) groups excluding carboxylic acids is 1. The number of hydrogen-bond donors (Lipinski definition) is 3. The Morgan fingerprint density at radius 1 is 1.21 bits per heavy atom. The topological polar surface area (TPSA) is 156 Å². The number of aromatic nitrogens is 5. The Bertz CT molecular complexity index is 1320. The Kier molecular flexibility index (Phi) is 4.76. The Balaban J connectivity index is 1.65. The summed E-state index contributed by atoms with van der Waals surface area (Å²) in [6.07, 6.45) is 1.04. The molecule has 0 atom stereocenters. The maximum Gasteiger partial charge on any atom is 0.278 e. The highest BCUT2D eigenvalue weighted by Gasteiger charge is 2.19. The molecule has 0 aliphatic rings. The van der Waals surface area contributed by atoms with Crippen molar-refractivity contribution in [3.05, 3.63) is 46.6 Å². The number of nitrogens with zero attached hydrogens (tertiary/aromatic N) is 4. The third kappa shape index (κ3) is 4.09. The normalized spacial score (nSPS) is 11.5. The minimum Gasteiger partial charge on any atom is -0.355 e. The van der Waals surface area contributed by atoms with Crippen LogP contribution in [0, 0.1) is 0 Å². The molecular formula is C16H12BrN7O4S. The molecule has 2 heterocycles. The first-order valence-electron chi connectivity index (χ1n) is 8.02. The van der Waals surface area contributed by atoms with E-state index in [2.05, 4.69) is 51.7 Å². The van der Waals surface area contributed by atoms with E-state index in [1.807, 2.05) is 0 Å². The second kappa shape index (κ2) is 7.25. The van der Waals surface area contributed by atoms with Crippen LogP contribution in [0.3, 0.4) is 0 Å². The molecule has 0 spiro atoms. The minimum atomic E-state index is -3.44. The Morgan fingerprint density at radius 2 is 2.03 bits per heavy atom. The summed E-state index contributed by atoms with van der Waals surface area (Å²) in [4.78, 5) is 12.8. The van der Waals surface area contributed by atoms with Gasteiger partial charge in [-0.1, -0.05) is 21.1 Å². The lowest BCUT2D eigenvalue weighted by Gasteiger charge is -2.08. The number of tetrazole rings is 1. The first kappa shape index (κ1) is 19.0. The van der Waals surface area contributed by atoms with Crippen LogP contribution < -0.4 is 10.0 Å². The molecule has 0 unspecified atom stereocenters. The quantitative estimate of drug-likeness (QED) is 0.395. The molecule has 0 aliphatic carbocycles. The highest BCUT2D eigenvalue weighted by molar-refractivity contribution is 9.10. The lowest BCUT2D eigenvalue weighted by Crippen LogP contribution is -2.13. The number of rotatable bonds is 5. The molecule has 11 nitrogen and oxygen atoms in total. The molecule has 0 saturated heterocycles. The van der Waals surface area contributed by atoms with Crippen LogP contribution in [-0.4, -0.2) is 46.4 Å². The second-order valence-corrected chi connectivity index (χ2v) is 8.67. The van der Waals surface area contributed by atoms with Gasteiger partial charge in [0.05, 0.1) is 23.0 Å². The average Bonchev–Trinajstić information content (AvgIpc) is 3.31. The number of sulfonamides is 1. The van der Waals surface area contributed by atoms with Crippen LogP contribution in [0.15, 0.2) is 45.4 Å². The summed E-state index contributed by atoms with van der Waals surface area (Å²) in [6.45, 7) is 0. The first-order chi connectivity index (χ1) is 13.8. The monoisotopic (exact) mass is 477 g/mol. The van der Waals surface area contributed by atoms with E-state index < -0.39 is 15.9 Å². The van der Waals surface area contributed by atoms with Crippen LogP contribution in [0.25, 0.3) is 22.4 Å². The summed E-state index contributed by atoms with van der Waals surface area (Å²) < 4.78 is 31.0. The maximum absolute atomic E-state index is 12.8. The Labute approximate surface area is 172 Å². The number of H-pyrrole nitrogens is 1. The van der Waals surface area contributed by atoms with Gasteiger partial charge in [-0.25, -0.2) is 13.5 Å². The molecule has 0 saturated carbocycles. The third-order valence-corrected chi connectivity index (χ3v) is 4.92. The van der Waals surface area contributed by atoms with Crippen LogP contribution in [0.2, 0.25) is 0 Å². The molecule has 0 radical (unpaired) electrons. The summed E-state index contributed by atoms with van der Waals surface area (Å²) in [5, 5.41) is 20.6. The van der Waals surface area contributed by atoms with Crippen molar-refractivity contribution in [2.45, 2.75) is 0 Å². The number of benzene rings is 2. The highest BCUT2D eigenvalue weighted by atomic mass is 79.9. The van der Waals surface area contributed by atoms with E-state index in [1.165, 1.54) is 12.1 Å². The smallest absolute Gasteiger partial charge is 0.278 e. The van der Waals surface area contributed by atoms with E-state index in [4.69, 9.17) is 4.52 Å². The summed E-state index contributed by atoms with van der Waals surface area (Å²) in [7, 11) is -3.44. The number of halogens is 1. The van der Waals surface area contributed by atoms with Crippen molar-refractivity contribution in [3.63, 3.8) is 0 Å². The van der Waals surface area contributed by atoms with Crippen molar-refractivity contribution in [1.82, 2.24) is 25.8 Å². The van der Waals surface area contributed by atoms with E-state index in [9.17, 15) is 13.2 Å². The van der Waals surface area contributed by atoms with Gasteiger partial charge >= 0.3 is 0 Å². The van der Waals surface area contributed by atoms with E-state index in [0.717, 1.165) is 10.7 Å². The van der Waals surface area contributed by atoms with E-state index in [-0.39, 0.29) is 11.3 Å². The third-order valence-electron chi connectivity index (χ3n) is 3.82. The predicted molar refractivity (Wildman–Crippen MR) is 108 cm³/mol. The Hall–Kier alpha value is -3.32. The lowest BCUT2D eigenvalue weighted by molar-refractivity contribution is 0.102. The molecule has 2 aromatic carbocycles. The fourth-order valence-corrected chi connectivity index (χ4v) is 3.57. The van der Waals surface area contributed by atoms with Gasteiger partial charge in [-0.05, 0) is 40.8 Å². The number of aromatic amines is 1. The molecule has 3 N–H and O–H groups in total. The Morgan fingerprint density at radius 3 is 2.76 bits per heavy atom. The number of anilines is 2. The molecule has 29 heavy (non-hydrogen) atoms. The second-order valence-electron chi connectivity index (χ2n) is 6.01. The summed E-state index contributed by atoms with van der Waals surface area (Å²) in [5.41, 5.74) is 1.65. The number of hydrogen-bond acceptors (Lipinski definition) is 8. The number of amides is 1. The maximum atomic E-state index is 12.8. The van der Waals surface area contributed by atoms with Crippen molar-refractivity contribution in [1.29, 1.82) is 0 Å². The summed E-state index contributed by atoms with van der Waals surface area (Å²) in [6, 6.07) is 9.72. The molecule has 4 rings (SSSR count). The zero-order valence-electron chi connectivity index (χ0n) is 14.7. The van der Waals surface area contributed by atoms with Crippen LogP contribution >= 0.6 is 15.9 Å². The van der Waals surface area contributed by atoms with Gasteiger partial charge in [0, 0.05) is 16.1 Å². The molecular weight excluding hydrogens is 466 g/mol. The van der Waals surface area contributed by atoms with Gasteiger partial charge in [0.2, 0.25) is 10.0 Å². The molecule has 0 aliphatic heterocycles. The minimum absolute atomic E-state index is 0.0514. The summed E-state index contributed by atoms with van der Waals surface area (Å²) >= 11 is 3.38. The largest absolute Gasteiger partial charge is 0.355 e. The number of carbonyl (C=O) groups is 1. The highest BCUT2D eigenvalue weighted by Crippen LogP contribution is 2.29. The van der Waals surface area contributed by atoms with E-state index in [0.29, 0.717) is 28.1 Å². The zero-order valence-corrected chi connectivity index (χ0v) is 17.1. The van der Waals surface area contributed by atoms with Crippen LogP contribution in [0.5, 0.6) is 0 Å². The number of nitrogens with one attached hydrogen (secondary N) is 3. The molecule has 148 valence electrons. The van der Waals surface area contributed by atoms with Crippen LogP contribution in [-0.2, 0) is 10.0 Å². The molecule has 2 aromatic heterocycles. The van der Waals surface area contributed by atoms with E-state index >= 15 is 0 Å². The molecule has 13 heteroatoms. The van der Waals surface area contributed by atoms with Gasteiger partial charge in [-0.15, -0.1) is 5.10 Å². The van der Waals surface area contributed by atoms with Crippen LogP contribution in [0.1, 0.15) is 10.5 Å². The standard InChI is InChI=1S/C16H12BrN7O4S/c1-29(26,27)22-9-3-4-10-13(7-9)28-21-14(10)16(25)18-12-5-2-8(17)6-11(12)15-19-23-24-20-15/h2-7,22H,1H3,(H,18,25)(H,19,20,23,24). The van der Waals surface area contributed by atoms with Crippen molar-refractivity contribution in [2.24, 2.45) is 0 Å². The number of fused-ring (bicyclic) bond motifs is 1. The predicted octanol–water partition coefficient (Wildman–Crippen LogP) is 2.39. The SMILES string of the molecule is CS(=O)(=O)Nc1ccc2c(C(=O)Nc3ccc(Br)cc3-c3nnn[nH]3)noc2c1. The van der Waals surface area contributed by atoms with Gasteiger partial charge in [0.25, 0.3) is 5.91 Å².